The lowest BCUT2D eigenvalue weighted by molar-refractivity contribution is 0.296. The Morgan fingerprint density at radius 1 is 1.30 bits per heavy atom. The second-order valence-corrected chi connectivity index (χ2v) is 8.27. The highest BCUT2D eigenvalue weighted by Gasteiger charge is 2.30. The Balaban J connectivity index is 2.13. The average Bonchev–Trinajstić information content (AvgIpc) is 2.41. The van der Waals surface area contributed by atoms with Crippen LogP contribution in [-0.4, -0.2) is 20.5 Å². The average molecular weight is 382 g/mol. The third kappa shape index (κ3) is 3.74. The van der Waals surface area contributed by atoms with Gasteiger partial charge in [0.1, 0.15) is 4.90 Å². The zero-order valence-corrected chi connectivity index (χ0v) is 14.2. The van der Waals surface area contributed by atoms with Crippen molar-refractivity contribution >= 4 is 37.6 Å². The monoisotopic (exact) mass is 380 g/mol. The van der Waals surface area contributed by atoms with Crippen LogP contribution in [0.4, 0.5) is 0 Å². The van der Waals surface area contributed by atoms with Crippen molar-refractivity contribution in [2.24, 2.45) is 5.73 Å². The molecule has 0 saturated heterocycles. The molecule has 3 N–H and O–H groups in total. The molecule has 0 aromatic heterocycles. The van der Waals surface area contributed by atoms with Gasteiger partial charge in [0.05, 0.1) is 5.02 Å². The summed E-state index contributed by atoms with van der Waals surface area (Å²) in [5.74, 6) is 0. The molecule has 1 saturated carbocycles. The van der Waals surface area contributed by atoms with Crippen molar-refractivity contribution in [1.82, 2.24) is 4.72 Å². The molecule has 0 unspecified atom stereocenters. The minimum absolute atomic E-state index is 0.0768. The van der Waals surface area contributed by atoms with Gasteiger partial charge in [0, 0.05) is 16.6 Å². The SMILES string of the molecule is NC1(CNS(=O)(=O)c2cccc(Br)c2Cl)CCCCC1. The van der Waals surface area contributed by atoms with E-state index >= 15 is 0 Å². The van der Waals surface area contributed by atoms with Crippen LogP contribution in [0, 0.1) is 0 Å². The van der Waals surface area contributed by atoms with Gasteiger partial charge in [0.25, 0.3) is 0 Å². The summed E-state index contributed by atoms with van der Waals surface area (Å²) in [6, 6.07) is 4.83. The van der Waals surface area contributed by atoms with E-state index in [1.165, 1.54) is 12.5 Å². The van der Waals surface area contributed by atoms with Gasteiger partial charge in [-0.3, -0.25) is 0 Å². The van der Waals surface area contributed by atoms with Gasteiger partial charge in [0.15, 0.2) is 0 Å². The topological polar surface area (TPSA) is 72.2 Å². The fourth-order valence-corrected chi connectivity index (χ4v) is 4.61. The van der Waals surface area contributed by atoms with Crippen molar-refractivity contribution in [3.05, 3.63) is 27.7 Å². The van der Waals surface area contributed by atoms with E-state index in [1.54, 1.807) is 12.1 Å². The molecule has 112 valence electrons. The van der Waals surface area contributed by atoms with Gasteiger partial charge in [-0.2, -0.15) is 0 Å². The molecule has 0 spiro atoms. The highest BCUT2D eigenvalue weighted by atomic mass is 79.9. The van der Waals surface area contributed by atoms with Crippen molar-refractivity contribution in [3.63, 3.8) is 0 Å². The summed E-state index contributed by atoms with van der Waals surface area (Å²) in [5, 5.41) is 0.190. The van der Waals surface area contributed by atoms with Gasteiger partial charge in [-0.05, 0) is 40.9 Å². The van der Waals surface area contributed by atoms with Gasteiger partial charge in [-0.1, -0.05) is 36.9 Å². The lowest BCUT2D eigenvalue weighted by Gasteiger charge is -2.33. The maximum atomic E-state index is 12.3. The number of sulfonamides is 1. The molecule has 1 aromatic carbocycles. The van der Waals surface area contributed by atoms with Gasteiger partial charge in [-0.25, -0.2) is 13.1 Å². The first-order valence-corrected chi connectivity index (χ1v) is 9.22. The number of hydrogen-bond donors (Lipinski definition) is 2. The number of hydrogen-bond acceptors (Lipinski definition) is 3. The third-order valence-corrected chi connectivity index (χ3v) is 6.52. The molecule has 2 rings (SSSR count). The number of halogens is 2. The highest BCUT2D eigenvalue weighted by molar-refractivity contribution is 9.10. The van der Waals surface area contributed by atoms with E-state index in [0.29, 0.717) is 4.47 Å². The van der Waals surface area contributed by atoms with Crippen LogP contribution in [0.15, 0.2) is 27.6 Å². The first-order valence-electron chi connectivity index (χ1n) is 6.57. The molecular weight excluding hydrogens is 364 g/mol. The van der Waals surface area contributed by atoms with Crippen LogP contribution in [0.5, 0.6) is 0 Å². The van der Waals surface area contributed by atoms with Crippen LogP contribution < -0.4 is 10.5 Å². The maximum absolute atomic E-state index is 12.3. The molecular formula is C13H18BrClN2O2S. The van der Waals surface area contributed by atoms with E-state index in [9.17, 15) is 8.42 Å². The van der Waals surface area contributed by atoms with E-state index in [4.69, 9.17) is 17.3 Å². The fourth-order valence-electron chi connectivity index (χ4n) is 2.44. The minimum Gasteiger partial charge on any atom is -0.324 e. The van der Waals surface area contributed by atoms with Crippen molar-refractivity contribution < 1.29 is 8.42 Å². The number of nitrogens with two attached hydrogens (primary N) is 1. The molecule has 20 heavy (non-hydrogen) atoms. The van der Waals surface area contributed by atoms with Crippen LogP contribution >= 0.6 is 27.5 Å². The van der Waals surface area contributed by atoms with E-state index in [-0.39, 0.29) is 16.5 Å². The van der Waals surface area contributed by atoms with E-state index in [2.05, 4.69) is 20.7 Å². The standard InChI is InChI=1S/C13H18BrClN2O2S/c14-10-5-4-6-11(12(10)15)20(18,19)17-9-13(16)7-2-1-3-8-13/h4-6,17H,1-3,7-9,16H2. The van der Waals surface area contributed by atoms with Gasteiger partial charge in [0.2, 0.25) is 10.0 Å². The quantitative estimate of drug-likeness (QED) is 0.842. The van der Waals surface area contributed by atoms with Crippen molar-refractivity contribution in [2.45, 2.75) is 42.5 Å². The summed E-state index contributed by atoms with van der Waals surface area (Å²) in [4.78, 5) is 0.0768. The first kappa shape index (κ1) is 16.2. The molecule has 0 aliphatic heterocycles. The molecule has 1 fully saturated rings. The molecule has 4 nitrogen and oxygen atoms in total. The van der Waals surface area contributed by atoms with Crippen LogP contribution in [0.2, 0.25) is 5.02 Å². The Morgan fingerprint density at radius 3 is 2.60 bits per heavy atom. The lowest BCUT2D eigenvalue weighted by atomic mass is 9.83. The predicted octanol–water partition coefficient (Wildman–Crippen LogP) is 3.04. The summed E-state index contributed by atoms with van der Waals surface area (Å²) in [7, 11) is -3.64. The van der Waals surface area contributed by atoms with Gasteiger partial charge < -0.3 is 5.73 Å². The van der Waals surface area contributed by atoms with E-state index in [0.717, 1.165) is 25.7 Å². The van der Waals surface area contributed by atoms with Crippen LogP contribution in [-0.2, 0) is 10.0 Å². The summed E-state index contributed by atoms with van der Waals surface area (Å²) < 4.78 is 27.8. The molecule has 1 aliphatic rings. The molecule has 0 heterocycles. The molecule has 1 aliphatic carbocycles. The van der Waals surface area contributed by atoms with Crippen molar-refractivity contribution in [1.29, 1.82) is 0 Å². The summed E-state index contributed by atoms with van der Waals surface area (Å²) >= 11 is 9.26. The normalized spacial score (nSPS) is 18.9. The second kappa shape index (κ2) is 6.32. The zero-order valence-electron chi connectivity index (χ0n) is 11.0. The first-order chi connectivity index (χ1) is 9.34. The van der Waals surface area contributed by atoms with Crippen molar-refractivity contribution in [3.8, 4) is 0 Å². The number of rotatable bonds is 4. The van der Waals surface area contributed by atoms with E-state index in [1.807, 2.05) is 0 Å². The second-order valence-electron chi connectivity index (χ2n) is 5.30. The lowest BCUT2D eigenvalue weighted by Crippen LogP contribution is -2.51. The molecule has 1 aromatic rings. The van der Waals surface area contributed by atoms with Crippen molar-refractivity contribution in [2.75, 3.05) is 6.54 Å². The van der Waals surface area contributed by atoms with Crippen LogP contribution in [0.1, 0.15) is 32.1 Å². The smallest absolute Gasteiger partial charge is 0.242 e. The van der Waals surface area contributed by atoms with Gasteiger partial charge in [-0.15, -0.1) is 0 Å². The molecule has 7 heteroatoms. The Kier molecular flexibility index (Phi) is 5.13. The minimum atomic E-state index is -3.64. The summed E-state index contributed by atoms with van der Waals surface area (Å²) in [6.45, 7) is 0.248. The number of nitrogens with one attached hydrogen (secondary N) is 1. The summed E-state index contributed by atoms with van der Waals surface area (Å²) in [6.07, 6.45) is 4.97. The predicted molar refractivity (Wildman–Crippen MR) is 84.3 cm³/mol. The van der Waals surface area contributed by atoms with Crippen LogP contribution in [0.3, 0.4) is 0 Å². The zero-order chi connectivity index (χ0) is 14.8. The molecule has 0 amide bonds. The Bertz CT molecular complexity index is 586. The number of benzene rings is 1. The maximum Gasteiger partial charge on any atom is 0.242 e. The van der Waals surface area contributed by atoms with Gasteiger partial charge >= 0.3 is 0 Å². The molecule has 0 radical (unpaired) electrons. The van der Waals surface area contributed by atoms with E-state index < -0.39 is 15.6 Å². The Hall–Kier alpha value is -0.140. The third-order valence-electron chi connectivity index (χ3n) is 3.67. The molecule has 0 bridgehead atoms. The fraction of sp³-hybridized carbons (Fsp3) is 0.538. The van der Waals surface area contributed by atoms with Crippen LogP contribution in [0.25, 0.3) is 0 Å². The highest BCUT2D eigenvalue weighted by Crippen LogP contribution is 2.30. The molecule has 0 atom stereocenters. The summed E-state index contributed by atoms with van der Waals surface area (Å²) in [5.41, 5.74) is 5.80. The Labute approximate surface area is 133 Å². The largest absolute Gasteiger partial charge is 0.324 e. The Morgan fingerprint density at radius 2 is 1.95 bits per heavy atom.